The van der Waals surface area contributed by atoms with Crippen LogP contribution in [-0.2, 0) is 26.2 Å². The lowest BCUT2D eigenvalue weighted by molar-refractivity contribution is -0.141. The standard InChI is InChI=1S/C30H34Cl3N3O4S/c1-6-27(29(38)34-30(3,4)5)35(18-21-9-7-8-10-26(21)33)28(37)19-36(24-16-22(31)15-23(32)17-24)41(39,40)25-13-11-20(2)12-14-25/h7-17,27H,6,18-19H2,1-5H3,(H,34,38)/t27-/m1/s1. The number of amides is 2. The van der Waals surface area contributed by atoms with Gasteiger partial charge in [-0.25, -0.2) is 8.42 Å². The smallest absolute Gasteiger partial charge is 0.264 e. The van der Waals surface area contributed by atoms with Gasteiger partial charge in [0, 0.05) is 27.2 Å². The van der Waals surface area contributed by atoms with Crippen LogP contribution in [0.15, 0.2) is 71.6 Å². The summed E-state index contributed by atoms with van der Waals surface area (Å²) in [5, 5.41) is 3.76. The number of carbonyl (C=O) groups is 2. The van der Waals surface area contributed by atoms with E-state index in [1.54, 1.807) is 43.3 Å². The summed E-state index contributed by atoms with van der Waals surface area (Å²) in [5.74, 6) is -0.966. The molecule has 2 amide bonds. The number of nitrogens with one attached hydrogen (secondary N) is 1. The fraction of sp³-hybridized carbons (Fsp3) is 0.333. The first-order chi connectivity index (χ1) is 19.1. The van der Waals surface area contributed by atoms with Gasteiger partial charge in [-0.1, -0.05) is 77.6 Å². The van der Waals surface area contributed by atoms with E-state index in [4.69, 9.17) is 34.8 Å². The molecule has 7 nitrogen and oxygen atoms in total. The van der Waals surface area contributed by atoms with E-state index in [9.17, 15) is 18.0 Å². The minimum Gasteiger partial charge on any atom is -0.350 e. The van der Waals surface area contributed by atoms with Crippen molar-refractivity contribution in [3.63, 3.8) is 0 Å². The second-order valence-electron chi connectivity index (χ2n) is 10.7. The fourth-order valence-corrected chi connectivity index (χ4v) is 6.34. The van der Waals surface area contributed by atoms with Crippen LogP contribution in [0.4, 0.5) is 5.69 Å². The first kappa shape index (κ1) is 32.7. The summed E-state index contributed by atoms with van der Waals surface area (Å²) in [6.45, 7) is 8.54. The second kappa shape index (κ2) is 13.5. The van der Waals surface area contributed by atoms with E-state index in [0.29, 0.717) is 10.6 Å². The molecule has 3 aromatic rings. The van der Waals surface area contributed by atoms with Crippen LogP contribution in [0.5, 0.6) is 0 Å². The number of halogens is 3. The van der Waals surface area contributed by atoms with E-state index in [-0.39, 0.29) is 39.5 Å². The normalized spacial score (nSPS) is 12.5. The highest BCUT2D eigenvalue weighted by molar-refractivity contribution is 7.92. The Morgan fingerprint density at radius 2 is 1.51 bits per heavy atom. The number of aryl methyl sites for hydroxylation is 1. The third-order valence-electron chi connectivity index (χ3n) is 6.21. The average Bonchev–Trinajstić information content (AvgIpc) is 2.86. The van der Waals surface area contributed by atoms with Crippen LogP contribution < -0.4 is 9.62 Å². The Kier molecular flexibility index (Phi) is 10.7. The Balaban J connectivity index is 2.12. The van der Waals surface area contributed by atoms with Crippen LogP contribution in [0, 0.1) is 6.92 Å². The summed E-state index contributed by atoms with van der Waals surface area (Å²) in [6.07, 6.45) is 0.284. The largest absolute Gasteiger partial charge is 0.350 e. The van der Waals surface area contributed by atoms with Gasteiger partial charge in [-0.3, -0.25) is 13.9 Å². The number of hydrogen-bond acceptors (Lipinski definition) is 4. The van der Waals surface area contributed by atoms with Crippen molar-refractivity contribution >= 4 is 62.3 Å². The van der Waals surface area contributed by atoms with E-state index in [1.165, 1.54) is 35.2 Å². The van der Waals surface area contributed by atoms with Crippen molar-refractivity contribution in [3.05, 3.63) is 92.9 Å². The van der Waals surface area contributed by atoms with Gasteiger partial charge in [0.2, 0.25) is 11.8 Å². The van der Waals surface area contributed by atoms with Gasteiger partial charge in [-0.05, 0) is 76.1 Å². The molecule has 0 unspecified atom stereocenters. The fourth-order valence-electron chi connectivity index (χ4n) is 4.23. The van der Waals surface area contributed by atoms with Gasteiger partial charge in [-0.2, -0.15) is 0 Å². The molecule has 11 heteroatoms. The molecule has 1 atom stereocenters. The zero-order chi connectivity index (χ0) is 30.5. The van der Waals surface area contributed by atoms with Crippen LogP contribution in [-0.4, -0.2) is 43.3 Å². The van der Waals surface area contributed by atoms with Crippen molar-refractivity contribution in [1.82, 2.24) is 10.2 Å². The first-order valence-corrected chi connectivity index (χ1v) is 15.6. The number of rotatable bonds is 10. The molecular weight excluding hydrogens is 605 g/mol. The summed E-state index contributed by atoms with van der Waals surface area (Å²) in [6, 6.07) is 16.7. The van der Waals surface area contributed by atoms with Crippen LogP contribution >= 0.6 is 34.8 Å². The molecule has 0 bridgehead atoms. The van der Waals surface area contributed by atoms with E-state index in [2.05, 4.69) is 5.32 Å². The highest BCUT2D eigenvalue weighted by Gasteiger charge is 2.35. The van der Waals surface area contributed by atoms with E-state index in [1.807, 2.05) is 27.7 Å². The van der Waals surface area contributed by atoms with Crippen molar-refractivity contribution in [2.24, 2.45) is 0 Å². The van der Waals surface area contributed by atoms with Crippen molar-refractivity contribution in [2.75, 3.05) is 10.8 Å². The molecule has 0 saturated carbocycles. The zero-order valence-corrected chi connectivity index (χ0v) is 26.7. The number of carbonyl (C=O) groups excluding carboxylic acids is 2. The topological polar surface area (TPSA) is 86.8 Å². The van der Waals surface area contributed by atoms with Crippen molar-refractivity contribution in [2.45, 2.75) is 64.1 Å². The Bertz CT molecular complexity index is 1490. The summed E-state index contributed by atoms with van der Waals surface area (Å²) in [7, 11) is -4.25. The minimum absolute atomic E-state index is 0.0106. The summed E-state index contributed by atoms with van der Waals surface area (Å²) >= 11 is 18.9. The SMILES string of the molecule is CC[C@H](C(=O)NC(C)(C)C)N(Cc1ccccc1Cl)C(=O)CN(c1cc(Cl)cc(Cl)c1)S(=O)(=O)c1ccc(C)cc1. The summed E-state index contributed by atoms with van der Waals surface area (Å²) in [5.41, 5.74) is 1.05. The third kappa shape index (κ3) is 8.61. The molecule has 0 saturated heterocycles. The monoisotopic (exact) mass is 637 g/mol. The van der Waals surface area contributed by atoms with Crippen molar-refractivity contribution < 1.29 is 18.0 Å². The lowest BCUT2D eigenvalue weighted by Crippen LogP contribution is -2.55. The molecule has 220 valence electrons. The molecule has 0 aliphatic heterocycles. The van der Waals surface area contributed by atoms with Gasteiger partial charge in [0.1, 0.15) is 12.6 Å². The van der Waals surface area contributed by atoms with Crippen molar-refractivity contribution in [1.29, 1.82) is 0 Å². The summed E-state index contributed by atoms with van der Waals surface area (Å²) in [4.78, 5) is 28.9. The van der Waals surface area contributed by atoms with Gasteiger partial charge in [0.15, 0.2) is 0 Å². The third-order valence-corrected chi connectivity index (χ3v) is 8.80. The number of sulfonamides is 1. The van der Waals surface area contributed by atoms with Crippen LogP contribution in [0.2, 0.25) is 15.1 Å². The van der Waals surface area contributed by atoms with Crippen LogP contribution in [0.1, 0.15) is 45.2 Å². The van der Waals surface area contributed by atoms with Crippen molar-refractivity contribution in [3.8, 4) is 0 Å². The Morgan fingerprint density at radius 3 is 2.05 bits per heavy atom. The average molecular weight is 639 g/mol. The predicted octanol–water partition coefficient (Wildman–Crippen LogP) is 6.87. The zero-order valence-electron chi connectivity index (χ0n) is 23.6. The molecule has 3 rings (SSSR count). The van der Waals surface area contributed by atoms with E-state index >= 15 is 0 Å². The van der Waals surface area contributed by atoms with Crippen LogP contribution in [0.3, 0.4) is 0 Å². The minimum atomic E-state index is -4.25. The van der Waals surface area contributed by atoms with E-state index < -0.39 is 34.1 Å². The number of hydrogen-bond donors (Lipinski definition) is 1. The maximum atomic E-state index is 14.1. The van der Waals surface area contributed by atoms with Crippen LogP contribution in [0.25, 0.3) is 0 Å². The molecule has 0 aromatic heterocycles. The molecule has 0 spiro atoms. The maximum absolute atomic E-state index is 14.1. The molecule has 0 radical (unpaired) electrons. The lowest BCUT2D eigenvalue weighted by Gasteiger charge is -2.35. The molecule has 0 aliphatic carbocycles. The Hall–Kier alpha value is -2.78. The maximum Gasteiger partial charge on any atom is 0.264 e. The molecule has 0 fully saturated rings. The Labute approximate surface area is 257 Å². The van der Waals surface area contributed by atoms with Gasteiger partial charge in [0.25, 0.3) is 10.0 Å². The molecule has 0 heterocycles. The predicted molar refractivity (Wildman–Crippen MR) is 166 cm³/mol. The molecular formula is C30H34Cl3N3O4S. The number of anilines is 1. The quantitative estimate of drug-likeness (QED) is 0.263. The molecule has 3 aromatic carbocycles. The highest BCUT2D eigenvalue weighted by Crippen LogP contribution is 2.30. The number of nitrogens with zero attached hydrogens (tertiary/aromatic N) is 2. The molecule has 1 N–H and O–H groups in total. The molecule has 41 heavy (non-hydrogen) atoms. The highest BCUT2D eigenvalue weighted by atomic mass is 35.5. The molecule has 0 aliphatic rings. The summed E-state index contributed by atoms with van der Waals surface area (Å²) < 4.78 is 28.9. The number of benzene rings is 3. The van der Waals surface area contributed by atoms with Gasteiger partial charge in [-0.15, -0.1) is 0 Å². The Morgan fingerprint density at radius 1 is 0.927 bits per heavy atom. The second-order valence-corrected chi connectivity index (χ2v) is 13.9. The van der Waals surface area contributed by atoms with E-state index in [0.717, 1.165) is 9.87 Å². The first-order valence-electron chi connectivity index (χ1n) is 13.0. The van der Waals surface area contributed by atoms with Gasteiger partial charge >= 0.3 is 0 Å². The van der Waals surface area contributed by atoms with Gasteiger partial charge in [0.05, 0.1) is 10.6 Å². The lowest BCUT2D eigenvalue weighted by atomic mass is 10.1. The van der Waals surface area contributed by atoms with Gasteiger partial charge < -0.3 is 10.2 Å².